The van der Waals surface area contributed by atoms with E-state index in [9.17, 15) is 0 Å². The van der Waals surface area contributed by atoms with E-state index in [1.165, 1.54) is 0 Å². The summed E-state index contributed by atoms with van der Waals surface area (Å²) >= 11 is 4.87. The van der Waals surface area contributed by atoms with Gasteiger partial charge in [0.2, 0.25) is 0 Å². The molecule has 1 aromatic heterocycles. The monoisotopic (exact) mass is 220 g/mol. The number of halogens is 1. The van der Waals surface area contributed by atoms with Crippen molar-refractivity contribution in [2.75, 3.05) is 0 Å². The number of aromatic nitrogens is 1. The second-order valence-corrected chi connectivity index (χ2v) is 3.73. The first-order valence-electron chi connectivity index (χ1n) is 3.10. The van der Waals surface area contributed by atoms with Crippen LogP contribution >= 0.6 is 27.3 Å². The van der Waals surface area contributed by atoms with Crippen LogP contribution in [-0.2, 0) is 0 Å². The lowest BCUT2D eigenvalue weighted by Gasteiger charge is -2.01. The molecule has 0 amide bonds. The molecule has 1 rings (SSSR count). The summed E-state index contributed by atoms with van der Waals surface area (Å²) in [5.74, 6) is 0. The second-order valence-electron chi connectivity index (χ2n) is 2.02. The molecule has 0 spiro atoms. The minimum absolute atomic E-state index is 0.108. The van der Waals surface area contributed by atoms with Crippen molar-refractivity contribution >= 4 is 27.3 Å². The van der Waals surface area contributed by atoms with E-state index in [-0.39, 0.29) is 6.04 Å². The SMILES string of the molecule is CCC(N)c1nc(Br)cs1. The lowest BCUT2D eigenvalue weighted by Crippen LogP contribution is -2.07. The number of nitrogens with two attached hydrogens (primary N) is 1. The van der Waals surface area contributed by atoms with Gasteiger partial charge in [-0.3, -0.25) is 0 Å². The molecule has 1 aromatic rings. The van der Waals surface area contributed by atoms with Gasteiger partial charge < -0.3 is 5.73 Å². The van der Waals surface area contributed by atoms with Gasteiger partial charge in [-0.15, -0.1) is 11.3 Å². The topological polar surface area (TPSA) is 38.9 Å². The lowest BCUT2D eigenvalue weighted by atomic mass is 10.3. The Morgan fingerprint density at radius 1 is 1.90 bits per heavy atom. The Bertz CT molecular complexity index is 211. The Morgan fingerprint density at radius 2 is 2.60 bits per heavy atom. The highest BCUT2D eigenvalue weighted by Gasteiger charge is 2.06. The maximum Gasteiger partial charge on any atom is 0.117 e. The molecule has 0 saturated heterocycles. The standard InChI is InChI=1S/C6H9BrN2S/c1-2-4(8)6-9-5(7)3-10-6/h3-4H,2,8H2,1H3. The zero-order valence-corrected chi connectivity index (χ0v) is 8.08. The van der Waals surface area contributed by atoms with Crippen LogP contribution in [0.25, 0.3) is 0 Å². The Morgan fingerprint density at radius 3 is 3.00 bits per heavy atom. The average molecular weight is 221 g/mol. The number of hydrogen-bond donors (Lipinski definition) is 1. The van der Waals surface area contributed by atoms with Gasteiger partial charge in [-0.2, -0.15) is 0 Å². The maximum atomic E-state index is 5.73. The largest absolute Gasteiger partial charge is 0.322 e. The van der Waals surface area contributed by atoms with E-state index in [0.29, 0.717) is 0 Å². The van der Waals surface area contributed by atoms with E-state index in [1.807, 2.05) is 5.38 Å². The van der Waals surface area contributed by atoms with Gasteiger partial charge in [0.15, 0.2) is 0 Å². The molecule has 0 bridgehead atoms. The predicted molar refractivity (Wildman–Crippen MR) is 47.0 cm³/mol. The third-order valence-electron chi connectivity index (χ3n) is 1.25. The van der Waals surface area contributed by atoms with Crippen LogP contribution in [-0.4, -0.2) is 4.98 Å². The molecule has 2 N–H and O–H groups in total. The van der Waals surface area contributed by atoms with Crippen molar-refractivity contribution < 1.29 is 0 Å². The minimum Gasteiger partial charge on any atom is -0.322 e. The molecule has 2 nitrogen and oxygen atoms in total. The first-order valence-corrected chi connectivity index (χ1v) is 4.77. The molecule has 56 valence electrons. The van der Waals surface area contributed by atoms with Crippen molar-refractivity contribution in [1.82, 2.24) is 4.98 Å². The average Bonchev–Trinajstić information content (AvgIpc) is 2.34. The van der Waals surface area contributed by atoms with Gasteiger partial charge in [0, 0.05) is 5.38 Å². The lowest BCUT2D eigenvalue weighted by molar-refractivity contribution is 0.691. The minimum atomic E-state index is 0.108. The molecule has 0 saturated carbocycles. The van der Waals surface area contributed by atoms with Gasteiger partial charge in [0.1, 0.15) is 9.61 Å². The maximum absolute atomic E-state index is 5.73. The first-order chi connectivity index (χ1) is 4.74. The highest BCUT2D eigenvalue weighted by molar-refractivity contribution is 9.10. The van der Waals surface area contributed by atoms with Gasteiger partial charge in [-0.25, -0.2) is 4.98 Å². The fourth-order valence-electron chi connectivity index (χ4n) is 0.612. The van der Waals surface area contributed by atoms with Crippen LogP contribution in [0.1, 0.15) is 24.4 Å². The second kappa shape index (κ2) is 3.46. The molecule has 0 radical (unpaired) electrons. The Labute approximate surface area is 72.6 Å². The summed E-state index contributed by atoms with van der Waals surface area (Å²) in [5, 5.41) is 2.96. The fourth-order valence-corrected chi connectivity index (χ4v) is 1.96. The zero-order valence-electron chi connectivity index (χ0n) is 5.67. The van der Waals surface area contributed by atoms with Crippen molar-refractivity contribution in [2.24, 2.45) is 5.73 Å². The molecule has 10 heavy (non-hydrogen) atoms. The Balaban J connectivity index is 2.74. The molecule has 0 aliphatic heterocycles. The summed E-state index contributed by atoms with van der Waals surface area (Å²) in [4.78, 5) is 4.19. The molecular formula is C6H9BrN2S. The zero-order chi connectivity index (χ0) is 7.56. The van der Waals surface area contributed by atoms with Gasteiger partial charge in [0.25, 0.3) is 0 Å². The van der Waals surface area contributed by atoms with Gasteiger partial charge in [-0.05, 0) is 22.4 Å². The molecule has 0 aliphatic carbocycles. The molecule has 1 heterocycles. The van der Waals surface area contributed by atoms with Crippen LogP contribution in [0.2, 0.25) is 0 Å². The summed E-state index contributed by atoms with van der Waals surface area (Å²) in [5.41, 5.74) is 5.73. The van der Waals surface area contributed by atoms with Gasteiger partial charge in [-0.1, -0.05) is 6.92 Å². The number of nitrogens with zero attached hydrogens (tertiary/aromatic N) is 1. The summed E-state index contributed by atoms with van der Waals surface area (Å²) in [6.07, 6.45) is 0.944. The fraction of sp³-hybridized carbons (Fsp3) is 0.500. The first kappa shape index (κ1) is 8.17. The number of hydrogen-bond acceptors (Lipinski definition) is 3. The third-order valence-corrected chi connectivity index (χ3v) is 2.94. The normalized spacial score (nSPS) is 13.5. The van der Waals surface area contributed by atoms with E-state index in [2.05, 4.69) is 27.8 Å². The summed E-state index contributed by atoms with van der Waals surface area (Å²) in [7, 11) is 0. The molecule has 4 heteroatoms. The molecule has 0 aliphatic rings. The van der Waals surface area contributed by atoms with E-state index in [0.717, 1.165) is 16.0 Å². The smallest absolute Gasteiger partial charge is 0.117 e. The van der Waals surface area contributed by atoms with Crippen LogP contribution < -0.4 is 5.73 Å². The van der Waals surface area contributed by atoms with Gasteiger partial charge >= 0.3 is 0 Å². The molecule has 1 unspecified atom stereocenters. The third kappa shape index (κ3) is 1.78. The summed E-state index contributed by atoms with van der Waals surface area (Å²) in [6, 6.07) is 0.108. The number of thiazole rings is 1. The van der Waals surface area contributed by atoms with Crippen LogP contribution in [0.5, 0.6) is 0 Å². The van der Waals surface area contributed by atoms with E-state index in [1.54, 1.807) is 11.3 Å². The highest BCUT2D eigenvalue weighted by atomic mass is 79.9. The van der Waals surface area contributed by atoms with Crippen LogP contribution in [0.3, 0.4) is 0 Å². The van der Waals surface area contributed by atoms with Crippen molar-refractivity contribution in [2.45, 2.75) is 19.4 Å². The highest BCUT2D eigenvalue weighted by Crippen LogP contribution is 2.21. The Kier molecular flexibility index (Phi) is 2.82. The Hall–Kier alpha value is 0.0700. The van der Waals surface area contributed by atoms with Crippen LogP contribution in [0, 0.1) is 0 Å². The summed E-state index contributed by atoms with van der Waals surface area (Å²) < 4.78 is 0.886. The van der Waals surface area contributed by atoms with Crippen molar-refractivity contribution in [3.05, 3.63) is 15.0 Å². The van der Waals surface area contributed by atoms with E-state index < -0.39 is 0 Å². The molecule has 0 fully saturated rings. The van der Waals surface area contributed by atoms with Crippen LogP contribution in [0.4, 0.5) is 0 Å². The van der Waals surface area contributed by atoms with Crippen LogP contribution in [0.15, 0.2) is 9.98 Å². The number of rotatable bonds is 2. The molecular weight excluding hydrogens is 212 g/mol. The van der Waals surface area contributed by atoms with Crippen molar-refractivity contribution in [1.29, 1.82) is 0 Å². The predicted octanol–water partition coefficient (Wildman–Crippen LogP) is 2.32. The van der Waals surface area contributed by atoms with E-state index in [4.69, 9.17) is 5.73 Å². The van der Waals surface area contributed by atoms with Crippen molar-refractivity contribution in [3.63, 3.8) is 0 Å². The quantitative estimate of drug-likeness (QED) is 0.832. The van der Waals surface area contributed by atoms with E-state index >= 15 is 0 Å². The summed E-state index contributed by atoms with van der Waals surface area (Å²) in [6.45, 7) is 2.06. The molecule has 0 aromatic carbocycles. The van der Waals surface area contributed by atoms with Crippen molar-refractivity contribution in [3.8, 4) is 0 Å². The van der Waals surface area contributed by atoms with Gasteiger partial charge in [0.05, 0.1) is 6.04 Å². The molecule has 1 atom stereocenters.